The summed E-state index contributed by atoms with van der Waals surface area (Å²) in [4.78, 5) is 9.86. The van der Waals surface area contributed by atoms with Gasteiger partial charge in [0.05, 0.1) is 19.3 Å². The van der Waals surface area contributed by atoms with E-state index in [9.17, 15) is 4.79 Å². The van der Waals surface area contributed by atoms with Crippen molar-refractivity contribution in [3.63, 3.8) is 0 Å². The van der Waals surface area contributed by atoms with Gasteiger partial charge in [0.1, 0.15) is 0 Å². The molecule has 1 N–H and O–H groups in total. The van der Waals surface area contributed by atoms with Crippen LogP contribution in [0.3, 0.4) is 0 Å². The molecule has 3 heteroatoms. The lowest BCUT2D eigenvalue weighted by Gasteiger charge is -1.89. The Morgan fingerprint density at radius 1 is 1.78 bits per heavy atom. The second kappa shape index (κ2) is 5.15. The molecular weight excluding hydrogens is 120 g/mol. The molecule has 0 aromatic carbocycles. The standard InChI is InChI=1S/C6H10O3/c1-2-9-5-3-4-6(7)8/h3,5H,2,4H2,1H3,(H,7,8). The van der Waals surface area contributed by atoms with Gasteiger partial charge in [-0.2, -0.15) is 0 Å². The maximum atomic E-state index is 9.86. The molecule has 0 atom stereocenters. The van der Waals surface area contributed by atoms with Crippen LogP contribution in [0.4, 0.5) is 0 Å². The highest BCUT2D eigenvalue weighted by atomic mass is 16.5. The summed E-state index contributed by atoms with van der Waals surface area (Å²) in [6.07, 6.45) is 2.89. The average Bonchev–Trinajstić information content (AvgIpc) is 1.80. The molecule has 0 saturated heterocycles. The van der Waals surface area contributed by atoms with E-state index in [1.807, 2.05) is 6.92 Å². The lowest BCUT2D eigenvalue weighted by molar-refractivity contribution is -0.136. The first-order valence-corrected chi connectivity index (χ1v) is 2.75. The first-order chi connectivity index (χ1) is 4.27. The molecule has 0 aromatic rings. The van der Waals surface area contributed by atoms with Crippen molar-refractivity contribution in [1.82, 2.24) is 0 Å². The zero-order chi connectivity index (χ0) is 7.11. The smallest absolute Gasteiger partial charge is 0.307 e. The first-order valence-electron chi connectivity index (χ1n) is 2.75. The third kappa shape index (κ3) is 7.01. The van der Waals surface area contributed by atoms with E-state index in [1.54, 1.807) is 0 Å². The Morgan fingerprint density at radius 2 is 2.44 bits per heavy atom. The number of carboxylic acid groups (broad SMARTS) is 1. The van der Waals surface area contributed by atoms with Crippen LogP contribution in [-0.4, -0.2) is 17.7 Å². The Morgan fingerprint density at radius 3 is 2.89 bits per heavy atom. The van der Waals surface area contributed by atoms with Crippen LogP contribution in [0.2, 0.25) is 0 Å². The van der Waals surface area contributed by atoms with Crippen molar-refractivity contribution in [2.75, 3.05) is 6.61 Å². The summed E-state index contributed by atoms with van der Waals surface area (Å²) in [5.74, 6) is -0.842. The second-order valence-electron chi connectivity index (χ2n) is 1.42. The molecule has 0 aliphatic carbocycles. The van der Waals surface area contributed by atoms with Gasteiger partial charge in [-0.05, 0) is 13.0 Å². The van der Waals surface area contributed by atoms with Crippen molar-refractivity contribution in [2.45, 2.75) is 13.3 Å². The lowest BCUT2D eigenvalue weighted by Crippen LogP contribution is -1.90. The third-order valence-electron chi connectivity index (χ3n) is 0.652. The molecule has 3 nitrogen and oxygen atoms in total. The minimum atomic E-state index is -0.842. The van der Waals surface area contributed by atoms with Crippen molar-refractivity contribution < 1.29 is 14.6 Å². The quantitative estimate of drug-likeness (QED) is 0.578. The zero-order valence-electron chi connectivity index (χ0n) is 5.33. The van der Waals surface area contributed by atoms with Gasteiger partial charge >= 0.3 is 5.97 Å². The summed E-state index contributed by atoms with van der Waals surface area (Å²) < 4.78 is 4.74. The molecule has 0 aliphatic rings. The summed E-state index contributed by atoms with van der Waals surface area (Å²) in [5, 5.41) is 8.11. The van der Waals surface area contributed by atoms with E-state index >= 15 is 0 Å². The van der Waals surface area contributed by atoms with Crippen molar-refractivity contribution in [3.05, 3.63) is 12.3 Å². The lowest BCUT2D eigenvalue weighted by atomic mass is 10.4. The highest BCUT2D eigenvalue weighted by Crippen LogP contribution is 1.82. The van der Waals surface area contributed by atoms with Gasteiger partial charge in [0.15, 0.2) is 0 Å². The number of hydrogen-bond donors (Lipinski definition) is 1. The molecule has 0 saturated carbocycles. The van der Waals surface area contributed by atoms with Crippen molar-refractivity contribution in [1.29, 1.82) is 0 Å². The predicted molar refractivity (Wildman–Crippen MR) is 33.0 cm³/mol. The Hall–Kier alpha value is -0.990. The van der Waals surface area contributed by atoms with Gasteiger partial charge in [-0.15, -0.1) is 0 Å². The molecule has 9 heavy (non-hydrogen) atoms. The molecule has 0 heterocycles. The molecule has 0 aromatic heterocycles. The molecule has 0 radical (unpaired) electrons. The topological polar surface area (TPSA) is 46.5 Å². The fourth-order valence-electron chi connectivity index (χ4n) is 0.313. The van der Waals surface area contributed by atoms with Gasteiger partial charge in [-0.25, -0.2) is 0 Å². The SMILES string of the molecule is CCOC=CCC(=O)O. The van der Waals surface area contributed by atoms with Gasteiger partial charge in [-0.1, -0.05) is 0 Å². The van der Waals surface area contributed by atoms with E-state index in [0.717, 1.165) is 0 Å². The van der Waals surface area contributed by atoms with Gasteiger partial charge in [0, 0.05) is 0 Å². The van der Waals surface area contributed by atoms with E-state index in [0.29, 0.717) is 6.61 Å². The Bertz CT molecular complexity index is 107. The van der Waals surface area contributed by atoms with E-state index in [4.69, 9.17) is 9.84 Å². The van der Waals surface area contributed by atoms with Crippen LogP contribution in [-0.2, 0) is 9.53 Å². The summed E-state index contributed by atoms with van der Waals surface area (Å²) in [7, 11) is 0. The van der Waals surface area contributed by atoms with Crippen molar-refractivity contribution in [2.24, 2.45) is 0 Å². The van der Waals surface area contributed by atoms with Crippen LogP contribution in [0.5, 0.6) is 0 Å². The van der Waals surface area contributed by atoms with E-state index in [1.165, 1.54) is 12.3 Å². The number of ether oxygens (including phenoxy) is 1. The third-order valence-corrected chi connectivity index (χ3v) is 0.652. The van der Waals surface area contributed by atoms with E-state index in [-0.39, 0.29) is 6.42 Å². The molecule has 0 fully saturated rings. The van der Waals surface area contributed by atoms with Crippen LogP contribution < -0.4 is 0 Å². The van der Waals surface area contributed by atoms with Crippen LogP contribution in [0.1, 0.15) is 13.3 Å². The van der Waals surface area contributed by atoms with Crippen molar-refractivity contribution in [3.8, 4) is 0 Å². The van der Waals surface area contributed by atoms with E-state index in [2.05, 4.69) is 0 Å². The number of rotatable bonds is 4. The molecular formula is C6H10O3. The molecule has 0 rings (SSSR count). The van der Waals surface area contributed by atoms with Crippen LogP contribution >= 0.6 is 0 Å². The summed E-state index contributed by atoms with van der Waals surface area (Å²) in [6, 6.07) is 0. The minimum absolute atomic E-state index is 0.0278. The summed E-state index contributed by atoms with van der Waals surface area (Å²) >= 11 is 0. The average molecular weight is 130 g/mol. The molecule has 52 valence electrons. The zero-order valence-corrected chi connectivity index (χ0v) is 5.33. The van der Waals surface area contributed by atoms with Crippen LogP contribution in [0, 0.1) is 0 Å². The minimum Gasteiger partial charge on any atom is -0.502 e. The van der Waals surface area contributed by atoms with Gasteiger partial charge in [0.25, 0.3) is 0 Å². The Kier molecular flexibility index (Phi) is 4.59. The Balaban J connectivity index is 3.14. The monoisotopic (exact) mass is 130 g/mol. The number of carboxylic acids is 1. The first kappa shape index (κ1) is 8.01. The number of carbonyl (C=O) groups is 1. The highest BCUT2D eigenvalue weighted by Gasteiger charge is 1.87. The van der Waals surface area contributed by atoms with Crippen LogP contribution in [0.25, 0.3) is 0 Å². The normalized spacial score (nSPS) is 9.89. The second-order valence-corrected chi connectivity index (χ2v) is 1.42. The van der Waals surface area contributed by atoms with E-state index < -0.39 is 5.97 Å². The molecule has 0 aliphatic heterocycles. The highest BCUT2D eigenvalue weighted by molar-refractivity contribution is 5.68. The van der Waals surface area contributed by atoms with Crippen LogP contribution in [0.15, 0.2) is 12.3 Å². The largest absolute Gasteiger partial charge is 0.502 e. The number of hydrogen-bond acceptors (Lipinski definition) is 2. The summed E-state index contributed by atoms with van der Waals surface area (Å²) in [5.41, 5.74) is 0. The molecule has 0 spiro atoms. The Labute approximate surface area is 53.9 Å². The molecule has 0 amide bonds. The maximum absolute atomic E-state index is 9.86. The fourth-order valence-corrected chi connectivity index (χ4v) is 0.313. The van der Waals surface area contributed by atoms with Crippen molar-refractivity contribution >= 4 is 5.97 Å². The molecule has 0 unspecified atom stereocenters. The summed E-state index contributed by atoms with van der Waals surface area (Å²) in [6.45, 7) is 2.42. The predicted octanol–water partition coefficient (Wildman–Crippen LogP) is 1.01. The number of aliphatic carboxylic acids is 1. The fraction of sp³-hybridized carbons (Fsp3) is 0.500. The van der Waals surface area contributed by atoms with Gasteiger partial charge in [0.2, 0.25) is 0 Å². The maximum Gasteiger partial charge on any atom is 0.307 e. The molecule has 0 bridgehead atoms. The van der Waals surface area contributed by atoms with Gasteiger partial charge in [-0.3, -0.25) is 4.79 Å². The van der Waals surface area contributed by atoms with Gasteiger partial charge < -0.3 is 9.84 Å².